The summed E-state index contributed by atoms with van der Waals surface area (Å²) in [7, 11) is 0. The van der Waals surface area contributed by atoms with Gasteiger partial charge in [-0.05, 0) is 12.8 Å². The number of carboxylic acids is 1. The summed E-state index contributed by atoms with van der Waals surface area (Å²) in [5, 5.41) is 9.76. The summed E-state index contributed by atoms with van der Waals surface area (Å²) in [6.45, 7) is 0. The Bertz CT molecular complexity index is 113. The van der Waals surface area contributed by atoms with Crippen LogP contribution < -0.4 is 17.5 Å². The first-order valence-electron chi connectivity index (χ1n) is 2.18. The number of carboxylic acid groups (broad SMARTS) is 1. The maximum absolute atomic E-state index is 9.76. The second-order valence-electron chi connectivity index (χ2n) is 1.49. The van der Waals surface area contributed by atoms with Crippen LogP contribution in [0.1, 0.15) is 12.8 Å². The molecule has 0 radical (unpaired) electrons. The van der Waals surface area contributed by atoms with Crippen LogP contribution in [0.5, 0.6) is 0 Å². The molecule has 0 aliphatic heterocycles. The van der Waals surface area contributed by atoms with Crippen molar-refractivity contribution in [1.82, 2.24) is 0 Å². The van der Waals surface area contributed by atoms with E-state index in [0.717, 1.165) is 0 Å². The second kappa shape index (κ2) is 8.02. The maximum atomic E-state index is 9.76. The number of carbonyl (C=O) groups is 1. The largest absolute Gasteiger partial charge is 2.00 e. The minimum absolute atomic E-state index is 0. The van der Waals surface area contributed by atoms with Gasteiger partial charge in [0.05, 0.1) is 0 Å². The molecule has 7 heteroatoms. The van der Waals surface area contributed by atoms with Gasteiger partial charge < -0.3 is 22.3 Å². The van der Waals surface area contributed by atoms with Gasteiger partial charge in [-0.15, -0.1) is 0 Å². The van der Waals surface area contributed by atoms with E-state index in [9.17, 15) is 9.90 Å². The number of carbonyl (C=O) groups excluding carboxylic acids is 1. The zero-order chi connectivity index (χ0) is 7.49. The fraction of sp³-hybridized carbons (Fsp3) is 0.750. The Hall–Kier alpha value is 1.40. The van der Waals surface area contributed by atoms with E-state index >= 15 is 0 Å². The molecule has 0 aliphatic carbocycles. The first-order valence-corrected chi connectivity index (χ1v) is 3.32. The number of alkyl halides is 3. The number of hydrogen-bond donors (Lipinski definition) is 0. The topological polar surface area (TPSA) is 40.1 Å². The van der Waals surface area contributed by atoms with E-state index in [4.69, 9.17) is 34.8 Å². The fourth-order valence-corrected chi connectivity index (χ4v) is 0.527. The van der Waals surface area contributed by atoms with E-state index in [1.807, 2.05) is 0 Å². The van der Waals surface area contributed by atoms with E-state index < -0.39 is 9.76 Å². The molecule has 0 aromatic carbocycles. The molecular weight excluding hydrogens is 246 g/mol. The number of aliphatic carboxylic acids is 1. The second-order valence-corrected chi connectivity index (χ2v) is 4.00. The summed E-state index contributed by atoms with van der Waals surface area (Å²) in [6.07, 6.45) is -0.240. The normalized spacial score (nSPS) is 9.36. The fourth-order valence-electron chi connectivity index (χ4n) is 0.244. The molecule has 0 bridgehead atoms. The summed E-state index contributed by atoms with van der Waals surface area (Å²) >= 11 is 15.7. The molecule has 0 N–H and O–H groups in total. The quantitative estimate of drug-likeness (QED) is 0.402. The monoisotopic (exact) mass is 248 g/mol. The van der Waals surface area contributed by atoms with Crippen molar-refractivity contribution < 1.29 is 22.3 Å². The van der Waals surface area contributed by atoms with E-state index in [-0.39, 0.29) is 48.3 Å². The summed E-state index contributed by atoms with van der Waals surface area (Å²) in [5.74, 6) is -1.21. The predicted molar refractivity (Wildman–Crippen MR) is 40.3 cm³/mol. The third-order valence-electron chi connectivity index (χ3n) is 0.613. The van der Waals surface area contributed by atoms with Crippen molar-refractivity contribution in [3.05, 3.63) is 0 Å². The molecule has 0 saturated heterocycles. The van der Waals surface area contributed by atoms with Gasteiger partial charge in [-0.25, -0.2) is 0 Å². The molecule has 0 spiro atoms. The number of rotatable bonds is 2. The van der Waals surface area contributed by atoms with E-state index in [2.05, 4.69) is 0 Å². The molecule has 0 aromatic rings. The molecule has 0 amide bonds. The van der Waals surface area contributed by atoms with E-state index in [0.29, 0.717) is 0 Å². The van der Waals surface area contributed by atoms with Crippen LogP contribution >= 0.6 is 34.8 Å². The van der Waals surface area contributed by atoms with Crippen molar-refractivity contribution in [2.24, 2.45) is 0 Å². The molecule has 0 fully saturated rings. The van der Waals surface area contributed by atoms with Gasteiger partial charge in [-0.1, -0.05) is 34.8 Å². The molecule has 0 saturated carbocycles. The van der Waals surface area contributed by atoms with Gasteiger partial charge in [-0.3, -0.25) is 0 Å². The van der Waals surface area contributed by atoms with Crippen LogP contribution in [0.25, 0.3) is 0 Å². The Morgan fingerprint density at radius 2 is 1.73 bits per heavy atom. The third kappa shape index (κ3) is 18.4. The number of halogens is 4. The average molecular weight is 250 g/mol. The smallest absolute Gasteiger partial charge is 1.00 e. The van der Waals surface area contributed by atoms with Crippen molar-refractivity contribution in [2.45, 2.75) is 16.6 Å². The first kappa shape index (κ1) is 18.2. The van der Waals surface area contributed by atoms with Gasteiger partial charge in [0.2, 0.25) is 0 Å². The summed E-state index contributed by atoms with van der Waals surface area (Å²) in [6, 6.07) is 0. The van der Waals surface area contributed by atoms with Crippen molar-refractivity contribution in [3.8, 4) is 0 Å². The van der Waals surface area contributed by atoms with Crippen molar-refractivity contribution >= 4 is 63.8 Å². The zero-order valence-corrected chi connectivity index (χ0v) is 9.89. The van der Waals surface area contributed by atoms with Crippen LogP contribution in [-0.4, -0.2) is 32.8 Å². The predicted octanol–water partition coefficient (Wildman–Crippen LogP) is -2.49. The first-order chi connectivity index (χ1) is 3.92. The van der Waals surface area contributed by atoms with E-state index in [1.54, 1.807) is 0 Å². The van der Waals surface area contributed by atoms with Crippen LogP contribution in [-0.2, 0) is 4.79 Å². The number of hydrogen-bond acceptors (Lipinski definition) is 2. The molecule has 0 heterocycles. The molecule has 0 atom stereocenters. The molecule has 11 heavy (non-hydrogen) atoms. The Morgan fingerprint density at radius 1 is 1.36 bits per heavy atom. The third-order valence-corrected chi connectivity index (χ3v) is 1.18. The van der Waals surface area contributed by atoms with Crippen LogP contribution in [0.4, 0.5) is 0 Å². The Morgan fingerprint density at radius 3 is 1.82 bits per heavy atom. The van der Waals surface area contributed by atoms with Crippen molar-refractivity contribution in [2.75, 3.05) is 0 Å². The van der Waals surface area contributed by atoms with Crippen molar-refractivity contribution in [1.29, 1.82) is 0 Å². The molecule has 62 valence electrons. The Balaban J connectivity index is -0.000000320. The molecular formula is C4H4Cl4MgO2. The van der Waals surface area contributed by atoms with Gasteiger partial charge in [0.15, 0.2) is 3.79 Å². The standard InChI is InChI=1S/C4H5Cl3O2.ClH.Mg/c5-4(6,7)2-1-3(8)9;;/h1-2H2,(H,8,9);1H;/q;;+2/p-2. The SMILES string of the molecule is O=C([O-])CCC(Cl)(Cl)Cl.[Cl-].[Mg+2]. The minimum atomic E-state index is -1.47. The summed E-state index contributed by atoms with van der Waals surface area (Å²) in [4.78, 5) is 9.76. The van der Waals surface area contributed by atoms with Gasteiger partial charge in [0, 0.05) is 5.97 Å². The van der Waals surface area contributed by atoms with Crippen LogP contribution in [0.3, 0.4) is 0 Å². The molecule has 0 rings (SSSR count). The molecule has 0 aliphatic rings. The Labute approximate surface area is 102 Å². The Kier molecular flexibility index (Phi) is 13.3. The molecule has 0 aromatic heterocycles. The van der Waals surface area contributed by atoms with Crippen LogP contribution in [0.2, 0.25) is 0 Å². The van der Waals surface area contributed by atoms with Crippen molar-refractivity contribution in [3.63, 3.8) is 0 Å². The summed E-state index contributed by atoms with van der Waals surface area (Å²) < 4.78 is -1.47. The van der Waals surface area contributed by atoms with Crippen LogP contribution in [0, 0.1) is 0 Å². The van der Waals surface area contributed by atoms with E-state index in [1.165, 1.54) is 0 Å². The van der Waals surface area contributed by atoms with Crippen LogP contribution in [0.15, 0.2) is 0 Å². The van der Waals surface area contributed by atoms with Gasteiger partial charge in [-0.2, -0.15) is 0 Å². The average Bonchev–Trinajstić information content (AvgIpc) is 1.59. The van der Waals surface area contributed by atoms with Gasteiger partial charge >= 0.3 is 23.1 Å². The summed E-state index contributed by atoms with van der Waals surface area (Å²) in [5.41, 5.74) is 0. The zero-order valence-electron chi connectivity index (χ0n) is 5.45. The maximum Gasteiger partial charge on any atom is 2.00 e. The minimum Gasteiger partial charge on any atom is -1.00 e. The van der Waals surface area contributed by atoms with Gasteiger partial charge in [0.25, 0.3) is 0 Å². The molecule has 2 nitrogen and oxygen atoms in total. The molecule has 0 unspecified atom stereocenters. The van der Waals surface area contributed by atoms with Gasteiger partial charge in [0.1, 0.15) is 0 Å².